The number of anilines is 1. The fraction of sp³-hybridized carbons (Fsp3) is 0.545. The predicted octanol–water partition coefficient (Wildman–Crippen LogP) is 0.888. The van der Waals surface area contributed by atoms with Crippen molar-refractivity contribution >= 4 is 5.82 Å². The van der Waals surface area contributed by atoms with Gasteiger partial charge >= 0.3 is 0 Å². The van der Waals surface area contributed by atoms with E-state index >= 15 is 0 Å². The van der Waals surface area contributed by atoms with Crippen LogP contribution in [0.25, 0.3) is 0 Å². The van der Waals surface area contributed by atoms with Gasteiger partial charge in [-0.3, -0.25) is 0 Å². The van der Waals surface area contributed by atoms with Crippen molar-refractivity contribution in [3.8, 4) is 5.88 Å². The summed E-state index contributed by atoms with van der Waals surface area (Å²) in [7, 11) is 3.72. The number of hydrogen-bond donors (Lipinski definition) is 1. The number of likely N-dealkylation sites (N-methyl/N-ethyl adjacent to an activating group) is 1. The summed E-state index contributed by atoms with van der Waals surface area (Å²) in [6, 6.07) is 6.40. The lowest BCUT2D eigenvalue weighted by Gasteiger charge is -2.24. The maximum absolute atomic E-state index is 5.11. The largest absolute Gasteiger partial charge is 0.481 e. The number of hydrogen-bond acceptors (Lipinski definition) is 4. The van der Waals surface area contributed by atoms with E-state index in [1.807, 2.05) is 18.2 Å². The van der Waals surface area contributed by atoms with Crippen molar-refractivity contribution in [3.63, 3.8) is 0 Å². The van der Waals surface area contributed by atoms with Gasteiger partial charge in [0.05, 0.1) is 7.11 Å². The van der Waals surface area contributed by atoms with Crippen LogP contribution in [0.15, 0.2) is 18.2 Å². The monoisotopic (exact) mass is 207 g/mol. The van der Waals surface area contributed by atoms with Crippen LogP contribution in [0.1, 0.15) is 6.42 Å². The van der Waals surface area contributed by atoms with Gasteiger partial charge in [0.1, 0.15) is 5.82 Å². The zero-order chi connectivity index (χ0) is 10.7. The molecular formula is C11H17N3O. The second-order valence-corrected chi connectivity index (χ2v) is 3.80. The number of methoxy groups -OCH3 is 1. The first-order chi connectivity index (χ1) is 7.31. The van der Waals surface area contributed by atoms with E-state index in [4.69, 9.17) is 4.74 Å². The molecule has 0 radical (unpaired) electrons. The van der Waals surface area contributed by atoms with Crippen molar-refractivity contribution in [1.82, 2.24) is 10.3 Å². The Balaban J connectivity index is 2.13. The first kappa shape index (κ1) is 10.2. The number of aromatic nitrogens is 1. The Hall–Kier alpha value is -1.29. The van der Waals surface area contributed by atoms with E-state index in [-0.39, 0.29) is 0 Å². The molecule has 1 aromatic rings. The van der Waals surface area contributed by atoms with Gasteiger partial charge in [0.15, 0.2) is 0 Å². The van der Waals surface area contributed by atoms with Crippen LogP contribution in [-0.4, -0.2) is 38.3 Å². The maximum Gasteiger partial charge on any atom is 0.214 e. The van der Waals surface area contributed by atoms with Crippen LogP contribution in [0, 0.1) is 0 Å². The van der Waals surface area contributed by atoms with Crippen LogP contribution in [-0.2, 0) is 0 Å². The highest BCUT2D eigenvalue weighted by Crippen LogP contribution is 2.18. The van der Waals surface area contributed by atoms with Crippen molar-refractivity contribution in [2.24, 2.45) is 0 Å². The van der Waals surface area contributed by atoms with Gasteiger partial charge in [0.2, 0.25) is 5.88 Å². The van der Waals surface area contributed by atoms with Crippen molar-refractivity contribution in [2.45, 2.75) is 12.5 Å². The smallest absolute Gasteiger partial charge is 0.214 e. The molecule has 2 heterocycles. The molecule has 1 unspecified atom stereocenters. The number of nitrogens with zero attached hydrogens (tertiary/aromatic N) is 2. The Labute approximate surface area is 90.3 Å². The molecule has 1 aliphatic rings. The van der Waals surface area contributed by atoms with Gasteiger partial charge in [-0.25, -0.2) is 0 Å². The van der Waals surface area contributed by atoms with Crippen LogP contribution in [0.4, 0.5) is 5.82 Å². The van der Waals surface area contributed by atoms with Crippen LogP contribution in [0.5, 0.6) is 5.88 Å². The average molecular weight is 207 g/mol. The van der Waals surface area contributed by atoms with Gasteiger partial charge in [-0.1, -0.05) is 6.07 Å². The number of pyridine rings is 1. The fourth-order valence-electron chi connectivity index (χ4n) is 1.87. The summed E-state index contributed by atoms with van der Waals surface area (Å²) in [5.74, 6) is 1.65. The molecule has 4 heteroatoms. The SMILES string of the molecule is COc1cccc(N(C)C2CCNC2)n1. The summed E-state index contributed by atoms with van der Waals surface area (Å²) in [5.41, 5.74) is 0. The minimum absolute atomic E-state index is 0.546. The summed E-state index contributed by atoms with van der Waals surface area (Å²) in [4.78, 5) is 6.62. The lowest BCUT2D eigenvalue weighted by atomic mass is 10.2. The molecule has 1 N–H and O–H groups in total. The molecule has 0 spiro atoms. The minimum Gasteiger partial charge on any atom is -0.481 e. The average Bonchev–Trinajstić information content (AvgIpc) is 2.81. The Kier molecular flexibility index (Phi) is 3.06. The first-order valence-corrected chi connectivity index (χ1v) is 5.26. The molecule has 82 valence electrons. The second-order valence-electron chi connectivity index (χ2n) is 3.80. The maximum atomic E-state index is 5.11. The summed E-state index contributed by atoms with van der Waals surface area (Å²) in [6.07, 6.45) is 1.18. The molecule has 1 aromatic heterocycles. The highest BCUT2D eigenvalue weighted by atomic mass is 16.5. The summed E-state index contributed by atoms with van der Waals surface area (Å²) in [5, 5.41) is 3.35. The summed E-state index contributed by atoms with van der Waals surface area (Å²) in [6.45, 7) is 2.13. The minimum atomic E-state index is 0.546. The van der Waals surface area contributed by atoms with E-state index in [9.17, 15) is 0 Å². The van der Waals surface area contributed by atoms with Crippen LogP contribution in [0.2, 0.25) is 0 Å². The van der Waals surface area contributed by atoms with Crippen molar-refractivity contribution in [1.29, 1.82) is 0 Å². The van der Waals surface area contributed by atoms with Gasteiger partial charge in [-0.05, 0) is 19.0 Å². The molecule has 0 aromatic carbocycles. The number of nitrogens with one attached hydrogen (secondary N) is 1. The fourth-order valence-corrected chi connectivity index (χ4v) is 1.87. The molecule has 1 atom stereocenters. The van der Waals surface area contributed by atoms with Crippen LogP contribution in [0.3, 0.4) is 0 Å². The molecule has 1 saturated heterocycles. The highest BCUT2D eigenvalue weighted by molar-refractivity contribution is 5.41. The van der Waals surface area contributed by atoms with Gasteiger partial charge < -0.3 is 15.0 Å². The molecule has 15 heavy (non-hydrogen) atoms. The van der Waals surface area contributed by atoms with Gasteiger partial charge in [0.25, 0.3) is 0 Å². The Morgan fingerprint density at radius 2 is 2.40 bits per heavy atom. The van der Waals surface area contributed by atoms with E-state index in [1.165, 1.54) is 6.42 Å². The molecule has 0 aliphatic carbocycles. The van der Waals surface area contributed by atoms with E-state index in [1.54, 1.807) is 7.11 Å². The van der Waals surface area contributed by atoms with Gasteiger partial charge in [-0.15, -0.1) is 0 Å². The molecule has 1 fully saturated rings. The molecule has 0 bridgehead atoms. The lowest BCUT2D eigenvalue weighted by Crippen LogP contribution is -2.33. The molecule has 2 rings (SSSR count). The lowest BCUT2D eigenvalue weighted by molar-refractivity contribution is 0.397. The third-order valence-electron chi connectivity index (χ3n) is 2.86. The second kappa shape index (κ2) is 4.49. The zero-order valence-corrected chi connectivity index (χ0v) is 9.23. The van der Waals surface area contributed by atoms with Gasteiger partial charge in [0, 0.05) is 25.7 Å². The zero-order valence-electron chi connectivity index (χ0n) is 9.23. The molecule has 4 nitrogen and oxygen atoms in total. The predicted molar refractivity (Wildman–Crippen MR) is 60.5 cm³/mol. The quantitative estimate of drug-likeness (QED) is 0.798. The van der Waals surface area contributed by atoms with Crippen LogP contribution >= 0.6 is 0 Å². The number of rotatable bonds is 3. The molecule has 0 amide bonds. The summed E-state index contributed by atoms with van der Waals surface area (Å²) < 4.78 is 5.11. The van der Waals surface area contributed by atoms with Crippen molar-refractivity contribution < 1.29 is 4.74 Å². The van der Waals surface area contributed by atoms with Crippen molar-refractivity contribution in [2.75, 3.05) is 32.1 Å². The normalized spacial score (nSPS) is 20.3. The molecule has 0 saturated carbocycles. The standard InChI is InChI=1S/C11H17N3O/c1-14(9-6-7-12-8-9)10-4-3-5-11(13-10)15-2/h3-5,9,12H,6-8H2,1-2H3. The van der Waals surface area contributed by atoms with E-state index in [0.717, 1.165) is 18.9 Å². The van der Waals surface area contributed by atoms with Crippen LogP contribution < -0.4 is 15.0 Å². The van der Waals surface area contributed by atoms with E-state index in [2.05, 4.69) is 22.2 Å². The highest BCUT2D eigenvalue weighted by Gasteiger charge is 2.20. The third kappa shape index (κ3) is 2.21. The van der Waals surface area contributed by atoms with Gasteiger partial charge in [-0.2, -0.15) is 4.98 Å². The topological polar surface area (TPSA) is 37.4 Å². The van der Waals surface area contributed by atoms with E-state index in [0.29, 0.717) is 11.9 Å². The number of ether oxygens (including phenoxy) is 1. The van der Waals surface area contributed by atoms with Crippen molar-refractivity contribution in [3.05, 3.63) is 18.2 Å². The molecule has 1 aliphatic heterocycles. The third-order valence-corrected chi connectivity index (χ3v) is 2.86. The Morgan fingerprint density at radius 3 is 3.07 bits per heavy atom. The Morgan fingerprint density at radius 1 is 1.53 bits per heavy atom. The Bertz CT molecular complexity index is 323. The first-order valence-electron chi connectivity index (χ1n) is 5.26. The molecular weight excluding hydrogens is 190 g/mol. The van der Waals surface area contributed by atoms with E-state index < -0.39 is 0 Å². The summed E-state index contributed by atoms with van der Waals surface area (Å²) >= 11 is 0.